The first-order chi connectivity index (χ1) is 25.0. The number of nitrogens with zero attached hydrogens (tertiary/aromatic N) is 4. The first kappa shape index (κ1) is 37.2. The molecule has 1 aromatic heterocycles. The molecule has 0 spiro atoms. The van der Waals surface area contributed by atoms with Crippen molar-refractivity contribution in [1.29, 1.82) is 0 Å². The minimum absolute atomic E-state index is 0.0123. The van der Waals surface area contributed by atoms with Crippen LogP contribution in [-0.4, -0.2) is 92.3 Å². The molecule has 3 aromatic rings. The first-order valence-corrected chi connectivity index (χ1v) is 18.3. The molecule has 4 amide bonds. The van der Waals surface area contributed by atoms with Gasteiger partial charge < -0.3 is 28.6 Å². The normalized spacial score (nSPS) is 17.7. The number of carbonyl (C=O) groups excluding carboxylic acids is 3. The molecular formula is C39H48ClN5O7. The monoisotopic (exact) mass is 733 g/mol. The van der Waals surface area contributed by atoms with Crippen LogP contribution in [0.4, 0.5) is 10.5 Å². The molecule has 0 atom stereocenters. The zero-order valence-electron chi connectivity index (χ0n) is 30.6. The summed E-state index contributed by atoms with van der Waals surface area (Å²) in [7, 11) is 5.01. The highest BCUT2D eigenvalue weighted by Gasteiger charge is 2.30. The van der Waals surface area contributed by atoms with Crippen LogP contribution in [0.25, 0.3) is 11.1 Å². The number of ether oxygens (including phenoxy) is 3. The number of aryl methyl sites for hydroxylation is 1. The SMILES string of the molecule is COc1cc(-c2cn(C)c(=O)c(C)c2C)cc(OC)c1OCC1CCN(CC2CCN(C(=O)c3ccc(Cl)c(N4CCC(=O)NC4=O)c3)CC2)CC1. The fraction of sp³-hybridized carbons (Fsp3) is 0.487. The average Bonchev–Trinajstić information content (AvgIpc) is 3.15. The molecule has 3 aliphatic rings. The van der Waals surface area contributed by atoms with Crippen molar-refractivity contribution in [3.63, 3.8) is 0 Å². The van der Waals surface area contributed by atoms with Gasteiger partial charge in [0.2, 0.25) is 11.7 Å². The van der Waals surface area contributed by atoms with Crippen molar-refractivity contribution in [3.8, 4) is 28.4 Å². The molecule has 12 nitrogen and oxygen atoms in total. The largest absolute Gasteiger partial charge is 0.493 e. The Balaban J connectivity index is 0.989. The molecule has 0 radical (unpaired) electrons. The van der Waals surface area contributed by atoms with E-state index in [2.05, 4.69) is 10.2 Å². The van der Waals surface area contributed by atoms with Crippen molar-refractivity contribution in [1.82, 2.24) is 19.7 Å². The summed E-state index contributed by atoms with van der Waals surface area (Å²) in [4.78, 5) is 55.7. The van der Waals surface area contributed by atoms with Gasteiger partial charge in [-0.2, -0.15) is 0 Å². The van der Waals surface area contributed by atoms with Gasteiger partial charge in [-0.1, -0.05) is 11.6 Å². The summed E-state index contributed by atoms with van der Waals surface area (Å²) < 4.78 is 19.5. The number of likely N-dealkylation sites (tertiary alicyclic amines) is 2. The van der Waals surface area contributed by atoms with E-state index in [4.69, 9.17) is 25.8 Å². The third kappa shape index (κ3) is 7.92. The molecule has 3 fully saturated rings. The van der Waals surface area contributed by atoms with Crippen LogP contribution >= 0.6 is 11.6 Å². The number of hydrogen-bond donors (Lipinski definition) is 1. The highest BCUT2D eigenvalue weighted by atomic mass is 35.5. The van der Waals surface area contributed by atoms with E-state index >= 15 is 0 Å². The molecule has 0 unspecified atom stereocenters. The number of aromatic nitrogens is 1. The van der Waals surface area contributed by atoms with Gasteiger partial charge >= 0.3 is 6.03 Å². The molecule has 278 valence electrons. The van der Waals surface area contributed by atoms with Crippen LogP contribution < -0.4 is 30.0 Å². The quantitative estimate of drug-likeness (QED) is 0.293. The predicted molar refractivity (Wildman–Crippen MR) is 200 cm³/mol. The van der Waals surface area contributed by atoms with Crippen LogP contribution in [0.1, 0.15) is 53.6 Å². The molecular weight excluding hydrogens is 686 g/mol. The van der Waals surface area contributed by atoms with Crippen molar-refractivity contribution < 1.29 is 28.6 Å². The zero-order valence-corrected chi connectivity index (χ0v) is 31.4. The number of methoxy groups -OCH3 is 2. The van der Waals surface area contributed by atoms with Crippen molar-refractivity contribution in [2.75, 3.05) is 65.0 Å². The summed E-state index contributed by atoms with van der Waals surface area (Å²) in [5, 5.41) is 2.66. The number of hydrogen-bond acceptors (Lipinski definition) is 8. The Kier molecular flexibility index (Phi) is 11.4. The Labute approximate surface area is 309 Å². The van der Waals surface area contributed by atoms with E-state index in [1.54, 1.807) is 44.0 Å². The molecule has 1 N–H and O–H groups in total. The second-order valence-electron chi connectivity index (χ2n) is 14.1. The van der Waals surface area contributed by atoms with Gasteiger partial charge in [-0.05, 0) is 106 Å². The van der Waals surface area contributed by atoms with Gasteiger partial charge in [0.1, 0.15) is 0 Å². The number of carbonyl (C=O) groups is 3. The van der Waals surface area contributed by atoms with Crippen molar-refractivity contribution in [3.05, 3.63) is 68.6 Å². The number of anilines is 1. The lowest BCUT2D eigenvalue weighted by molar-refractivity contribution is -0.120. The summed E-state index contributed by atoms with van der Waals surface area (Å²) in [6.45, 7) is 8.93. The van der Waals surface area contributed by atoms with E-state index in [-0.39, 0.29) is 30.3 Å². The smallest absolute Gasteiger partial charge is 0.328 e. The van der Waals surface area contributed by atoms with Gasteiger partial charge in [0.05, 0.1) is 31.5 Å². The van der Waals surface area contributed by atoms with Gasteiger partial charge in [-0.3, -0.25) is 24.6 Å². The number of amides is 4. The summed E-state index contributed by atoms with van der Waals surface area (Å²) >= 11 is 6.39. The van der Waals surface area contributed by atoms with E-state index < -0.39 is 6.03 Å². The highest BCUT2D eigenvalue weighted by Crippen LogP contribution is 2.42. The van der Waals surface area contributed by atoms with Gasteiger partial charge in [0, 0.05) is 62.5 Å². The predicted octanol–water partition coefficient (Wildman–Crippen LogP) is 5.43. The number of piperidine rings is 2. The lowest BCUT2D eigenvalue weighted by Gasteiger charge is -2.37. The standard InChI is InChI=1S/C39H48ClN5O7/c1-24-25(2)37(47)42(3)22-30(24)29-19-33(50-4)36(34(20-29)51-5)52-23-27-8-13-43(14-9-27)21-26-10-15-44(16-11-26)38(48)28-6-7-31(40)32(18-28)45-17-12-35(46)41-39(45)49/h6-7,18-20,22,26-27H,8-17,21,23H2,1-5H3,(H,41,46,49). The maximum Gasteiger partial charge on any atom is 0.328 e. The number of urea groups is 1. The second-order valence-corrected chi connectivity index (χ2v) is 14.5. The number of halogens is 1. The Hall–Kier alpha value is -4.55. The molecule has 13 heteroatoms. The molecule has 0 saturated carbocycles. The Morgan fingerprint density at radius 3 is 2.17 bits per heavy atom. The molecule has 6 rings (SSSR count). The molecule has 2 aromatic carbocycles. The van der Waals surface area contributed by atoms with Crippen LogP contribution in [0.15, 0.2) is 41.3 Å². The van der Waals surface area contributed by atoms with Gasteiger partial charge in [0.15, 0.2) is 11.5 Å². The number of imide groups is 1. The van der Waals surface area contributed by atoms with E-state index in [0.717, 1.165) is 62.0 Å². The van der Waals surface area contributed by atoms with Gasteiger partial charge in [-0.15, -0.1) is 0 Å². The van der Waals surface area contributed by atoms with E-state index in [0.29, 0.717) is 70.6 Å². The molecule has 0 aliphatic carbocycles. The maximum absolute atomic E-state index is 13.4. The molecule has 3 saturated heterocycles. The maximum atomic E-state index is 13.4. The molecule has 0 bridgehead atoms. The van der Waals surface area contributed by atoms with E-state index in [1.807, 2.05) is 37.1 Å². The van der Waals surface area contributed by atoms with Gasteiger partial charge in [-0.25, -0.2) is 4.79 Å². The number of nitrogens with one attached hydrogen (secondary N) is 1. The minimum atomic E-state index is -0.531. The third-order valence-corrected chi connectivity index (χ3v) is 11.1. The summed E-state index contributed by atoms with van der Waals surface area (Å²) in [5.41, 5.74) is 4.36. The fourth-order valence-corrected chi connectivity index (χ4v) is 7.71. The van der Waals surface area contributed by atoms with Crippen LogP contribution in [0.5, 0.6) is 17.2 Å². The van der Waals surface area contributed by atoms with Crippen molar-refractivity contribution >= 4 is 35.1 Å². The first-order valence-electron chi connectivity index (χ1n) is 18.0. The Morgan fingerprint density at radius 1 is 0.885 bits per heavy atom. The average molecular weight is 734 g/mol. The van der Waals surface area contributed by atoms with Gasteiger partial charge in [0.25, 0.3) is 11.5 Å². The van der Waals surface area contributed by atoms with Crippen molar-refractivity contribution in [2.45, 2.75) is 46.0 Å². The van der Waals surface area contributed by atoms with Crippen molar-refractivity contribution in [2.24, 2.45) is 18.9 Å². The van der Waals surface area contributed by atoms with Crippen LogP contribution in [-0.2, 0) is 11.8 Å². The number of pyridine rings is 1. The van der Waals surface area contributed by atoms with Crippen LogP contribution in [0.2, 0.25) is 5.02 Å². The topological polar surface area (TPSA) is 123 Å². The third-order valence-electron chi connectivity index (χ3n) is 10.8. The van der Waals surface area contributed by atoms with Crippen LogP contribution in [0, 0.1) is 25.7 Å². The summed E-state index contributed by atoms with van der Waals surface area (Å²) in [6, 6.07) is 8.34. The Bertz CT molecular complexity index is 1870. The molecule has 4 heterocycles. The number of benzene rings is 2. The van der Waals surface area contributed by atoms with E-state index in [9.17, 15) is 19.2 Å². The minimum Gasteiger partial charge on any atom is -0.493 e. The number of rotatable bonds is 10. The fourth-order valence-electron chi connectivity index (χ4n) is 7.49. The summed E-state index contributed by atoms with van der Waals surface area (Å²) in [5.74, 6) is 2.28. The second kappa shape index (κ2) is 16.0. The zero-order chi connectivity index (χ0) is 37.1. The Morgan fingerprint density at radius 2 is 1.54 bits per heavy atom. The highest BCUT2D eigenvalue weighted by molar-refractivity contribution is 6.34. The molecule has 52 heavy (non-hydrogen) atoms. The summed E-state index contributed by atoms with van der Waals surface area (Å²) in [6.07, 6.45) is 5.94. The van der Waals surface area contributed by atoms with E-state index in [1.165, 1.54) is 4.90 Å². The lowest BCUT2D eigenvalue weighted by Crippen LogP contribution is -2.49. The lowest BCUT2D eigenvalue weighted by atomic mass is 9.92. The molecule has 3 aliphatic heterocycles. The van der Waals surface area contributed by atoms with Crippen LogP contribution in [0.3, 0.4) is 0 Å².